The van der Waals surface area contributed by atoms with Crippen LogP contribution in [0.1, 0.15) is 55.6 Å². The second-order valence-corrected chi connectivity index (χ2v) is 9.30. The molecule has 182 valence electrons. The number of carboxylic acid groups (broad SMARTS) is 1. The van der Waals surface area contributed by atoms with Gasteiger partial charge >= 0.3 is 5.97 Å². The van der Waals surface area contributed by atoms with E-state index in [9.17, 15) is 23.5 Å². The first-order valence-corrected chi connectivity index (χ1v) is 11.8. The third kappa shape index (κ3) is 5.55. The minimum absolute atomic E-state index is 0.184. The monoisotopic (exact) mass is 472 g/mol. The largest absolute Gasteiger partial charge is 0.508 e. The standard InChI is InChI=1S/C26H30F2N2O4/c27-23-5-2-6-24(28)22(23)16-29(25(32)9-10-26(33)34)11-12-30-19-7-8-20(30)14-18(13-19)17-3-1-4-21(31)15-17/h1-6,15,18-20,31H,7-14,16H2,(H,33,34)/t18-,19+,20-. The van der Waals surface area contributed by atoms with Crippen LogP contribution >= 0.6 is 0 Å². The molecule has 0 spiro atoms. The van der Waals surface area contributed by atoms with Crippen LogP contribution in [0.2, 0.25) is 0 Å². The lowest BCUT2D eigenvalue weighted by Gasteiger charge is -2.40. The fourth-order valence-electron chi connectivity index (χ4n) is 5.46. The zero-order valence-electron chi connectivity index (χ0n) is 19.0. The lowest BCUT2D eigenvalue weighted by Crippen LogP contribution is -2.46. The fourth-order valence-corrected chi connectivity index (χ4v) is 5.46. The molecule has 8 heteroatoms. The highest BCUT2D eigenvalue weighted by Gasteiger charge is 2.41. The van der Waals surface area contributed by atoms with Gasteiger partial charge in [-0.05, 0) is 61.4 Å². The molecule has 2 bridgehead atoms. The predicted molar refractivity (Wildman–Crippen MR) is 122 cm³/mol. The van der Waals surface area contributed by atoms with E-state index in [4.69, 9.17) is 5.11 Å². The summed E-state index contributed by atoms with van der Waals surface area (Å²) in [5.74, 6) is -2.32. The first-order chi connectivity index (χ1) is 16.3. The quantitative estimate of drug-likeness (QED) is 0.570. The maximum atomic E-state index is 14.2. The van der Waals surface area contributed by atoms with E-state index >= 15 is 0 Å². The van der Waals surface area contributed by atoms with Gasteiger partial charge < -0.3 is 15.1 Å². The number of hydrogen-bond acceptors (Lipinski definition) is 4. The molecular formula is C26H30F2N2O4. The normalized spacial score (nSPS) is 22.0. The first-order valence-electron chi connectivity index (χ1n) is 11.8. The molecule has 1 amide bonds. The number of benzene rings is 2. The summed E-state index contributed by atoms with van der Waals surface area (Å²) < 4.78 is 28.5. The highest BCUT2D eigenvalue weighted by Crippen LogP contribution is 2.43. The van der Waals surface area contributed by atoms with Gasteiger partial charge in [0.1, 0.15) is 17.4 Å². The van der Waals surface area contributed by atoms with E-state index in [1.165, 1.54) is 11.0 Å². The van der Waals surface area contributed by atoms with Crippen LogP contribution < -0.4 is 0 Å². The van der Waals surface area contributed by atoms with Gasteiger partial charge in [0.25, 0.3) is 0 Å². The predicted octanol–water partition coefficient (Wildman–Crippen LogP) is 4.27. The molecule has 2 aliphatic rings. The van der Waals surface area contributed by atoms with Gasteiger partial charge in [-0.1, -0.05) is 18.2 Å². The fraction of sp³-hybridized carbons (Fsp3) is 0.462. The van der Waals surface area contributed by atoms with E-state index < -0.39 is 23.5 Å². The molecule has 2 aliphatic heterocycles. The maximum Gasteiger partial charge on any atom is 0.303 e. The molecule has 0 unspecified atom stereocenters. The summed E-state index contributed by atoms with van der Waals surface area (Å²) in [6.07, 6.45) is 3.47. The van der Waals surface area contributed by atoms with Crippen molar-refractivity contribution in [1.82, 2.24) is 9.80 Å². The molecule has 2 saturated heterocycles. The second kappa shape index (κ2) is 10.5. The number of nitrogens with zero attached hydrogens (tertiary/aromatic N) is 2. The van der Waals surface area contributed by atoms with Crippen LogP contribution in [0.15, 0.2) is 42.5 Å². The Bertz CT molecular complexity index is 1010. The number of aliphatic carboxylic acids is 1. The number of carbonyl (C=O) groups excluding carboxylic acids is 1. The lowest BCUT2D eigenvalue weighted by atomic mass is 9.85. The number of rotatable bonds is 9. The molecule has 0 radical (unpaired) electrons. The maximum absolute atomic E-state index is 14.2. The molecule has 2 fully saturated rings. The highest BCUT2D eigenvalue weighted by atomic mass is 19.1. The van der Waals surface area contributed by atoms with Crippen LogP contribution in [0.4, 0.5) is 8.78 Å². The summed E-state index contributed by atoms with van der Waals surface area (Å²) >= 11 is 0. The van der Waals surface area contributed by atoms with Gasteiger partial charge in [-0.3, -0.25) is 14.5 Å². The van der Waals surface area contributed by atoms with Crippen molar-refractivity contribution in [1.29, 1.82) is 0 Å². The molecule has 0 aromatic heterocycles. The van der Waals surface area contributed by atoms with Gasteiger partial charge in [-0.25, -0.2) is 8.78 Å². The third-order valence-corrected chi connectivity index (χ3v) is 7.17. The summed E-state index contributed by atoms with van der Waals surface area (Å²) in [5.41, 5.74) is 0.953. The number of carboxylic acids is 1. The van der Waals surface area contributed by atoms with Crippen molar-refractivity contribution < 1.29 is 28.6 Å². The van der Waals surface area contributed by atoms with Crippen molar-refractivity contribution in [3.63, 3.8) is 0 Å². The molecule has 0 aliphatic carbocycles. The average Bonchev–Trinajstić information content (AvgIpc) is 3.03. The first kappa shape index (κ1) is 24.1. The number of hydrogen-bond donors (Lipinski definition) is 2. The number of phenolic OH excluding ortho intramolecular Hbond substituents is 1. The molecule has 2 aromatic rings. The van der Waals surface area contributed by atoms with E-state index in [0.717, 1.165) is 43.4 Å². The van der Waals surface area contributed by atoms with E-state index in [1.54, 1.807) is 6.07 Å². The molecule has 0 saturated carbocycles. The van der Waals surface area contributed by atoms with Crippen LogP contribution in [0.3, 0.4) is 0 Å². The van der Waals surface area contributed by atoms with Gasteiger partial charge in [-0.15, -0.1) is 0 Å². The average molecular weight is 473 g/mol. The van der Waals surface area contributed by atoms with Crippen LogP contribution in [-0.4, -0.2) is 57.1 Å². The number of fused-ring (bicyclic) bond motifs is 2. The zero-order valence-corrected chi connectivity index (χ0v) is 19.0. The van der Waals surface area contributed by atoms with Crippen LogP contribution in [0.5, 0.6) is 5.75 Å². The van der Waals surface area contributed by atoms with Crippen molar-refractivity contribution in [2.75, 3.05) is 13.1 Å². The summed E-state index contributed by atoms with van der Waals surface area (Å²) in [7, 11) is 0. The molecular weight excluding hydrogens is 442 g/mol. The Morgan fingerprint density at radius 2 is 1.65 bits per heavy atom. The van der Waals surface area contributed by atoms with E-state index in [-0.39, 0.29) is 37.2 Å². The molecule has 4 rings (SSSR count). The van der Waals surface area contributed by atoms with Crippen molar-refractivity contribution in [3.8, 4) is 5.75 Å². The molecule has 2 heterocycles. The number of carbonyl (C=O) groups is 2. The van der Waals surface area contributed by atoms with Crippen LogP contribution in [-0.2, 0) is 16.1 Å². The van der Waals surface area contributed by atoms with E-state index in [0.29, 0.717) is 24.5 Å². The Balaban J connectivity index is 1.43. The van der Waals surface area contributed by atoms with Gasteiger partial charge in [0.15, 0.2) is 0 Å². The summed E-state index contributed by atoms with van der Waals surface area (Å²) in [6, 6.07) is 11.7. The summed E-state index contributed by atoms with van der Waals surface area (Å²) in [6.45, 7) is 0.610. The Kier molecular flexibility index (Phi) is 7.46. The van der Waals surface area contributed by atoms with Crippen LogP contribution in [0, 0.1) is 11.6 Å². The highest BCUT2D eigenvalue weighted by molar-refractivity contribution is 5.80. The topological polar surface area (TPSA) is 81.1 Å². The van der Waals surface area contributed by atoms with Gasteiger partial charge in [0.05, 0.1) is 13.0 Å². The van der Waals surface area contributed by atoms with Gasteiger partial charge in [0.2, 0.25) is 5.91 Å². The molecule has 3 atom stereocenters. The number of aromatic hydroxyl groups is 1. The summed E-state index contributed by atoms with van der Waals surface area (Å²) in [5, 5.41) is 18.8. The number of amides is 1. The van der Waals surface area contributed by atoms with Gasteiger partial charge in [-0.2, -0.15) is 0 Å². The van der Waals surface area contributed by atoms with Crippen molar-refractivity contribution >= 4 is 11.9 Å². The summed E-state index contributed by atoms with van der Waals surface area (Å²) in [4.78, 5) is 27.5. The molecule has 34 heavy (non-hydrogen) atoms. The Labute approximate surface area is 197 Å². The zero-order chi connectivity index (χ0) is 24.2. The molecule has 6 nitrogen and oxygen atoms in total. The minimum Gasteiger partial charge on any atom is -0.508 e. The van der Waals surface area contributed by atoms with E-state index in [2.05, 4.69) is 4.90 Å². The Hall–Kier alpha value is -3.00. The number of halogens is 2. The second-order valence-electron chi connectivity index (χ2n) is 9.30. The molecule has 2 N–H and O–H groups in total. The molecule has 2 aromatic carbocycles. The Morgan fingerprint density at radius 1 is 1.00 bits per heavy atom. The van der Waals surface area contributed by atoms with Crippen molar-refractivity contribution in [3.05, 3.63) is 65.2 Å². The van der Waals surface area contributed by atoms with Gasteiger partial charge in [0, 0.05) is 37.2 Å². The van der Waals surface area contributed by atoms with Crippen molar-refractivity contribution in [2.24, 2.45) is 0 Å². The van der Waals surface area contributed by atoms with Crippen molar-refractivity contribution in [2.45, 2.75) is 63.1 Å². The lowest BCUT2D eigenvalue weighted by molar-refractivity contribution is -0.141. The number of piperidine rings is 1. The third-order valence-electron chi connectivity index (χ3n) is 7.17. The van der Waals surface area contributed by atoms with E-state index in [1.807, 2.05) is 18.2 Å². The Morgan fingerprint density at radius 3 is 2.26 bits per heavy atom. The smallest absolute Gasteiger partial charge is 0.303 e. The SMILES string of the molecule is O=C(O)CCC(=O)N(CCN1[C@@H]2CC[C@H]1C[C@@H](c1cccc(O)c1)C2)Cc1c(F)cccc1F. The van der Waals surface area contributed by atoms with Crippen LogP contribution in [0.25, 0.3) is 0 Å². The minimum atomic E-state index is -1.09. The number of phenols is 1.